The Morgan fingerprint density at radius 3 is 2.64 bits per heavy atom. The lowest BCUT2D eigenvalue weighted by molar-refractivity contribution is -0.142. The van der Waals surface area contributed by atoms with E-state index in [4.69, 9.17) is 4.74 Å². The number of carbonyl (C=O) groups excluding carboxylic acids is 1. The molecule has 0 saturated carbocycles. The van der Waals surface area contributed by atoms with Crippen molar-refractivity contribution >= 4 is 22.8 Å². The number of hydrogen-bond acceptors (Lipinski definition) is 4. The van der Waals surface area contributed by atoms with Gasteiger partial charge in [0.1, 0.15) is 6.04 Å². The normalized spacial score (nSPS) is 12.8. The van der Waals surface area contributed by atoms with E-state index in [9.17, 15) is 14.7 Å². The third kappa shape index (κ3) is 5.83. The van der Waals surface area contributed by atoms with Crippen LogP contribution < -0.4 is 5.32 Å². The minimum Gasteiger partial charge on any atom is -0.480 e. The number of ether oxygens (including phenoxy) is 1. The summed E-state index contributed by atoms with van der Waals surface area (Å²) < 4.78 is 5.54. The molecule has 0 radical (unpaired) electrons. The quantitative estimate of drug-likeness (QED) is 0.806. The molecule has 134 valence electrons. The van der Waals surface area contributed by atoms with Crippen molar-refractivity contribution in [3.63, 3.8) is 0 Å². The van der Waals surface area contributed by atoms with Crippen LogP contribution in [0.15, 0.2) is 36.5 Å². The van der Waals surface area contributed by atoms with Crippen LogP contribution in [0.2, 0.25) is 0 Å². The Labute approximate surface area is 147 Å². The minimum atomic E-state index is -1.07. The minimum absolute atomic E-state index is 0.0816. The van der Waals surface area contributed by atoms with Crippen molar-refractivity contribution in [3.8, 4) is 0 Å². The van der Waals surface area contributed by atoms with E-state index in [0.29, 0.717) is 0 Å². The number of aromatic nitrogens is 1. The van der Waals surface area contributed by atoms with Crippen molar-refractivity contribution < 1.29 is 19.4 Å². The van der Waals surface area contributed by atoms with E-state index in [1.807, 2.05) is 51.1 Å². The van der Waals surface area contributed by atoms with E-state index < -0.39 is 12.0 Å². The molecular formula is C19H24N2O4. The molecule has 0 bridgehead atoms. The summed E-state index contributed by atoms with van der Waals surface area (Å²) >= 11 is 0. The number of nitrogens with zero attached hydrogens (tertiary/aromatic N) is 1. The van der Waals surface area contributed by atoms with Gasteiger partial charge in [-0.25, -0.2) is 4.79 Å². The maximum atomic E-state index is 12.3. The fourth-order valence-electron chi connectivity index (χ4n) is 2.47. The molecule has 6 nitrogen and oxygen atoms in total. The highest BCUT2D eigenvalue weighted by Crippen LogP contribution is 2.16. The maximum Gasteiger partial charge on any atom is 0.326 e. The van der Waals surface area contributed by atoms with E-state index in [1.165, 1.54) is 0 Å². The van der Waals surface area contributed by atoms with Gasteiger partial charge in [0.05, 0.1) is 17.5 Å². The SMILES string of the molecule is CC(C)(C)OCCC(NC(=O)Cc1cccc2cccnc12)C(=O)O. The molecule has 6 heteroatoms. The monoisotopic (exact) mass is 344 g/mol. The summed E-state index contributed by atoms with van der Waals surface area (Å²) in [6.45, 7) is 5.95. The van der Waals surface area contributed by atoms with Gasteiger partial charge in [0.25, 0.3) is 0 Å². The van der Waals surface area contributed by atoms with Crippen LogP contribution in [0.1, 0.15) is 32.8 Å². The first-order valence-electron chi connectivity index (χ1n) is 8.25. The molecule has 0 spiro atoms. The van der Waals surface area contributed by atoms with Crippen LogP contribution in [0.25, 0.3) is 10.9 Å². The average Bonchev–Trinajstić information content (AvgIpc) is 2.53. The van der Waals surface area contributed by atoms with Gasteiger partial charge in [0.2, 0.25) is 5.91 Å². The van der Waals surface area contributed by atoms with Gasteiger partial charge < -0.3 is 15.2 Å². The van der Waals surface area contributed by atoms with Crippen molar-refractivity contribution in [3.05, 3.63) is 42.1 Å². The molecule has 0 aliphatic heterocycles. The molecular weight excluding hydrogens is 320 g/mol. The van der Waals surface area contributed by atoms with Gasteiger partial charge in [0.15, 0.2) is 0 Å². The molecule has 25 heavy (non-hydrogen) atoms. The van der Waals surface area contributed by atoms with Crippen molar-refractivity contribution in [2.75, 3.05) is 6.61 Å². The first-order valence-corrected chi connectivity index (χ1v) is 8.25. The third-order valence-electron chi connectivity index (χ3n) is 3.64. The molecule has 0 fully saturated rings. The second-order valence-electron chi connectivity index (χ2n) is 6.88. The number of carboxylic acid groups (broad SMARTS) is 1. The Morgan fingerprint density at radius 2 is 1.96 bits per heavy atom. The molecule has 1 unspecified atom stereocenters. The predicted molar refractivity (Wildman–Crippen MR) is 95.3 cm³/mol. The Hall–Kier alpha value is -2.47. The highest BCUT2D eigenvalue weighted by molar-refractivity contribution is 5.89. The molecule has 2 N–H and O–H groups in total. The zero-order valence-electron chi connectivity index (χ0n) is 14.8. The van der Waals surface area contributed by atoms with Crippen molar-refractivity contribution in [1.29, 1.82) is 0 Å². The molecule has 1 atom stereocenters. The Morgan fingerprint density at radius 1 is 1.24 bits per heavy atom. The Kier molecular flexibility index (Phi) is 6.09. The highest BCUT2D eigenvalue weighted by Gasteiger charge is 2.21. The number of nitrogens with one attached hydrogen (secondary N) is 1. The topological polar surface area (TPSA) is 88.5 Å². The van der Waals surface area contributed by atoms with Crippen molar-refractivity contribution in [2.24, 2.45) is 0 Å². The fraction of sp³-hybridized carbons (Fsp3) is 0.421. The molecule has 2 rings (SSSR count). The Bertz CT molecular complexity index is 747. The van der Waals surface area contributed by atoms with Crippen LogP contribution in [0.4, 0.5) is 0 Å². The summed E-state index contributed by atoms with van der Waals surface area (Å²) in [6.07, 6.45) is 1.97. The lowest BCUT2D eigenvalue weighted by Gasteiger charge is -2.21. The number of para-hydroxylation sites is 1. The van der Waals surface area contributed by atoms with Crippen molar-refractivity contribution in [1.82, 2.24) is 10.3 Å². The van der Waals surface area contributed by atoms with Gasteiger partial charge in [-0.15, -0.1) is 0 Å². The maximum absolute atomic E-state index is 12.3. The molecule has 1 aromatic heterocycles. The first kappa shape index (κ1) is 18.9. The van der Waals surface area contributed by atoms with Crippen LogP contribution in [-0.4, -0.2) is 40.2 Å². The second-order valence-corrected chi connectivity index (χ2v) is 6.88. The van der Waals surface area contributed by atoms with Gasteiger partial charge >= 0.3 is 5.97 Å². The highest BCUT2D eigenvalue weighted by atomic mass is 16.5. The molecule has 1 heterocycles. The average molecular weight is 344 g/mol. The zero-order chi connectivity index (χ0) is 18.4. The number of pyridine rings is 1. The van der Waals surface area contributed by atoms with Crippen molar-refractivity contribution in [2.45, 2.75) is 45.3 Å². The number of aliphatic carboxylic acids is 1. The molecule has 2 aromatic rings. The molecule has 1 aromatic carbocycles. The van der Waals surface area contributed by atoms with Gasteiger partial charge in [-0.1, -0.05) is 24.3 Å². The molecule has 0 aliphatic rings. The summed E-state index contributed by atoms with van der Waals surface area (Å²) in [7, 11) is 0. The smallest absolute Gasteiger partial charge is 0.326 e. The third-order valence-corrected chi connectivity index (χ3v) is 3.64. The summed E-state index contributed by atoms with van der Waals surface area (Å²) in [6, 6.07) is 8.40. The van der Waals surface area contributed by atoms with E-state index in [0.717, 1.165) is 16.5 Å². The number of benzene rings is 1. The molecule has 0 aliphatic carbocycles. The van der Waals surface area contributed by atoms with E-state index in [-0.39, 0.29) is 31.0 Å². The van der Waals surface area contributed by atoms with Crippen LogP contribution in [-0.2, 0) is 20.7 Å². The van der Waals surface area contributed by atoms with Gasteiger partial charge in [-0.05, 0) is 32.4 Å². The number of amides is 1. The molecule has 0 saturated heterocycles. The first-order chi connectivity index (χ1) is 11.8. The van der Waals surface area contributed by atoms with Crippen LogP contribution in [0.3, 0.4) is 0 Å². The lowest BCUT2D eigenvalue weighted by atomic mass is 10.1. The summed E-state index contributed by atoms with van der Waals surface area (Å²) in [4.78, 5) is 28.0. The largest absolute Gasteiger partial charge is 0.480 e. The van der Waals surface area contributed by atoms with E-state index >= 15 is 0 Å². The fourth-order valence-corrected chi connectivity index (χ4v) is 2.47. The van der Waals surface area contributed by atoms with E-state index in [2.05, 4.69) is 10.3 Å². The van der Waals surface area contributed by atoms with Crippen LogP contribution in [0.5, 0.6) is 0 Å². The second kappa shape index (κ2) is 8.07. The molecule has 1 amide bonds. The van der Waals surface area contributed by atoms with Gasteiger partial charge in [0, 0.05) is 24.6 Å². The number of carbonyl (C=O) groups is 2. The number of hydrogen-bond donors (Lipinski definition) is 2. The Balaban J connectivity index is 2.00. The number of rotatable bonds is 7. The van der Waals surface area contributed by atoms with Gasteiger partial charge in [-0.2, -0.15) is 0 Å². The summed E-state index contributed by atoms with van der Waals surface area (Å²) in [5.74, 6) is -1.41. The summed E-state index contributed by atoms with van der Waals surface area (Å²) in [5, 5.41) is 12.8. The van der Waals surface area contributed by atoms with Gasteiger partial charge in [-0.3, -0.25) is 9.78 Å². The standard InChI is InChI=1S/C19H24N2O4/c1-19(2,3)25-11-9-15(18(23)24)21-16(22)12-14-7-4-6-13-8-5-10-20-17(13)14/h4-8,10,15H,9,11-12H2,1-3H3,(H,21,22)(H,23,24). The zero-order valence-corrected chi connectivity index (χ0v) is 14.8. The van der Waals surface area contributed by atoms with Crippen LogP contribution >= 0.6 is 0 Å². The van der Waals surface area contributed by atoms with Crippen LogP contribution in [0, 0.1) is 0 Å². The lowest BCUT2D eigenvalue weighted by Crippen LogP contribution is -2.42. The summed E-state index contributed by atoms with van der Waals surface area (Å²) in [5.41, 5.74) is 1.18. The number of fused-ring (bicyclic) bond motifs is 1. The predicted octanol–water partition coefficient (Wildman–Crippen LogP) is 2.55. The van der Waals surface area contributed by atoms with E-state index in [1.54, 1.807) is 6.20 Å². The number of carboxylic acids is 1.